The van der Waals surface area contributed by atoms with Crippen molar-refractivity contribution in [2.24, 2.45) is 17.8 Å². The number of aromatic nitrogens is 2. The number of nitrogens with one attached hydrogen (secondary N) is 2. The van der Waals surface area contributed by atoms with Crippen LogP contribution < -0.4 is 25.2 Å². The highest BCUT2D eigenvalue weighted by Gasteiger charge is 2.41. The van der Waals surface area contributed by atoms with Crippen molar-refractivity contribution < 1.29 is 33.0 Å². The molecule has 6 saturated heterocycles. The number of terminal acetylenes is 1. The molecule has 12 rings (SSSR count). The molecule has 0 spiro atoms. The van der Waals surface area contributed by atoms with E-state index < -0.39 is 17.8 Å². The number of phenols is 1. The number of anilines is 2. The van der Waals surface area contributed by atoms with Crippen molar-refractivity contribution in [3.8, 4) is 35.2 Å². The maximum Gasteiger partial charge on any atom is 0.318 e. The van der Waals surface area contributed by atoms with E-state index in [9.17, 15) is 19.5 Å². The number of piperazine rings is 1. The van der Waals surface area contributed by atoms with Crippen LogP contribution in [0.4, 0.5) is 20.3 Å². The lowest BCUT2D eigenvalue weighted by Gasteiger charge is -2.39. The number of imide groups is 1. The number of piperidine rings is 4. The van der Waals surface area contributed by atoms with Gasteiger partial charge in [-0.3, -0.25) is 24.6 Å². The first-order valence-corrected chi connectivity index (χ1v) is 27.1. The number of amides is 3. The minimum atomic E-state index is -0.762. The van der Waals surface area contributed by atoms with Gasteiger partial charge in [0.2, 0.25) is 11.8 Å². The Morgan fingerprint density at radius 3 is 2.23 bits per heavy atom. The van der Waals surface area contributed by atoms with Gasteiger partial charge in [-0.1, -0.05) is 18.1 Å². The van der Waals surface area contributed by atoms with Crippen LogP contribution in [0.1, 0.15) is 92.1 Å². The molecule has 7 aliphatic rings. The van der Waals surface area contributed by atoms with Crippen molar-refractivity contribution >= 4 is 50.9 Å². The van der Waals surface area contributed by atoms with Crippen LogP contribution in [0.15, 0.2) is 54.6 Å². The number of carbonyl (C=O) groups excluding carboxylic acids is 3. The van der Waals surface area contributed by atoms with Crippen LogP contribution in [0.3, 0.4) is 0 Å². The molecular formula is C58H65F2N9O5. The fraction of sp³-hybridized carbons (Fsp3) is 0.500. The molecule has 8 heterocycles. The number of carbonyl (C=O) groups is 3. The number of phenolic OH excluding ortho intramolecular Hbond substituents is 1. The van der Waals surface area contributed by atoms with Crippen LogP contribution in [0.5, 0.6) is 11.8 Å². The number of ether oxygens (including phenoxy) is 1. The van der Waals surface area contributed by atoms with Crippen molar-refractivity contribution in [2.45, 2.75) is 95.3 Å². The van der Waals surface area contributed by atoms with Crippen molar-refractivity contribution in [1.82, 2.24) is 35.3 Å². The van der Waals surface area contributed by atoms with Gasteiger partial charge in [0.05, 0.1) is 23.3 Å². The summed E-state index contributed by atoms with van der Waals surface area (Å²) < 4.78 is 37.5. The highest BCUT2D eigenvalue weighted by Crippen LogP contribution is 2.40. The predicted octanol–water partition coefficient (Wildman–Crippen LogP) is 7.23. The minimum Gasteiger partial charge on any atom is -0.508 e. The largest absolute Gasteiger partial charge is 0.508 e. The van der Waals surface area contributed by atoms with E-state index in [-0.39, 0.29) is 48.3 Å². The number of hydrogen-bond acceptors (Lipinski definition) is 12. The Bertz CT molecular complexity index is 3040. The van der Waals surface area contributed by atoms with E-state index in [4.69, 9.17) is 21.1 Å². The Labute approximate surface area is 430 Å². The second kappa shape index (κ2) is 20.4. The summed E-state index contributed by atoms with van der Waals surface area (Å²) in [6.07, 6.45) is 16.7. The lowest BCUT2D eigenvalue weighted by Crippen LogP contribution is -2.52. The molecule has 2 bridgehead atoms. The van der Waals surface area contributed by atoms with E-state index in [1.54, 1.807) is 30.3 Å². The van der Waals surface area contributed by atoms with E-state index in [1.807, 2.05) is 18.2 Å². The SMILES string of the molecule is C#Cc1c(F)ccc2cc(O)cc(-c3ccc4c(N5CC6CCC(C5)N6)nc(OCCN5CCC(CC6CCN(CC7CCN(c8ccc9c(c8F)CN(C8CCC(=O)NC8=O)C9=O)CC7)CC6)CC5)nc4c3)c12. The molecule has 0 aliphatic carbocycles. The van der Waals surface area contributed by atoms with Crippen molar-refractivity contribution in [3.63, 3.8) is 0 Å². The average molecular weight is 1010 g/mol. The minimum absolute atomic E-state index is 0.0407. The van der Waals surface area contributed by atoms with Gasteiger partial charge in [-0.2, -0.15) is 9.97 Å². The molecule has 0 radical (unpaired) electrons. The van der Waals surface area contributed by atoms with E-state index in [0.717, 1.165) is 120 Å². The van der Waals surface area contributed by atoms with Gasteiger partial charge in [-0.05, 0) is 167 Å². The van der Waals surface area contributed by atoms with E-state index >= 15 is 8.78 Å². The van der Waals surface area contributed by atoms with Gasteiger partial charge in [0.25, 0.3) is 5.91 Å². The molecule has 3 N–H and O–H groups in total. The van der Waals surface area contributed by atoms with Crippen molar-refractivity contribution in [3.05, 3.63) is 82.9 Å². The monoisotopic (exact) mass is 1010 g/mol. The van der Waals surface area contributed by atoms with Gasteiger partial charge in [-0.25, -0.2) is 8.78 Å². The normalized spacial score (nSPS) is 23.5. The molecule has 14 nitrogen and oxygen atoms in total. The fourth-order valence-corrected chi connectivity index (χ4v) is 13.5. The molecule has 3 unspecified atom stereocenters. The zero-order valence-corrected chi connectivity index (χ0v) is 42.0. The summed E-state index contributed by atoms with van der Waals surface area (Å²) in [5.74, 6) is 3.48. The molecule has 0 saturated carbocycles. The first kappa shape index (κ1) is 48.5. The number of rotatable bonds is 12. The third-order valence-electron chi connectivity index (χ3n) is 17.5. The van der Waals surface area contributed by atoms with Crippen LogP contribution >= 0.6 is 0 Å². The van der Waals surface area contributed by atoms with Crippen molar-refractivity contribution in [1.29, 1.82) is 0 Å². The third-order valence-corrected chi connectivity index (χ3v) is 17.5. The van der Waals surface area contributed by atoms with Gasteiger partial charge in [0, 0.05) is 79.7 Å². The van der Waals surface area contributed by atoms with Gasteiger partial charge >= 0.3 is 6.01 Å². The van der Waals surface area contributed by atoms with Gasteiger partial charge in [0.1, 0.15) is 30.0 Å². The molecule has 3 amide bonds. The lowest BCUT2D eigenvalue weighted by atomic mass is 9.82. The highest BCUT2D eigenvalue weighted by molar-refractivity contribution is 6.06. The third kappa shape index (κ3) is 9.63. The smallest absolute Gasteiger partial charge is 0.318 e. The summed E-state index contributed by atoms with van der Waals surface area (Å²) in [6.45, 7) is 10.00. The van der Waals surface area contributed by atoms with E-state index in [2.05, 4.69) is 36.2 Å². The van der Waals surface area contributed by atoms with E-state index in [0.29, 0.717) is 69.3 Å². The summed E-state index contributed by atoms with van der Waals surface area (Å²) in [5.41, 5.74) is 3.45. The van der Waals surface area contributed by atoms with E-state index in [1.165, 1.54) is 43.1 Å². The van der Waals surface area contributed by atoms with Gasteiger partial charge < -0.3 is 34.8 Å². The Kier molecular flexibility index (Phi) is 13.4. The second-order valence-corrected chi connectivity index (χ2v) is 22.1. The quantitative estimate of drug-likeness (QED) is 0.0857. The highest BCUT2D eigenvalue weighted by atomic mass is 19.1. The Hall–Kier alpha value is -6.41. The van der Waals surface area contributed by atoms with Crippen LogP contribution in [-0.2, 0) is 16.1 Å². The zero-order valence-electron chi connectivity index (χ0n) is 42.0. The standard InChI is InChI=1S/C58H65F2N9O5/c1-2-43-48(59)9-4-39-28-42(70)30-46(53(39)43)38-3-7-45-49(29-38)62-58(64-55(45)68-32-40-5-6-41(33-68)61-40)74-26-25-65-19-13-35(14-20-65)27-36-15-21-66(22-16-36)31-37-17-23-67(24-18-37)50-10-8-44-47(54(50)60)34-69(57(44)73)51-11-12-52(71)63-56(51)72/h1,3-4,7-10,28-30,35-37,40-41,51,61,70H,5-6,11-27,31-34H2,(H,63,71,72). The average Bonchev–Trinajstić information content (AvgIpc) is 3.94. The number of benzene rings is 4. The van der Waals surface area contributed by atoms with Crippen LogP contribution in [0, 0.1) is 41.7 Å². The first-order chi connectivity index (χ1) is 36.0. The number of nitrogens with zero attached hydrogens (tertiary/aromatic N) is 7. The molecule has 1 aromatic heterocycles. The molecule has 74 heavy (non-hydrogen) atoms. The summed E-state index contributed by atoms with van der Waals surface area (Å²) in [7, 11) is 0. The number of likely N-dealkylation sites (tertiary alicyclic amines) is 2. The summed E-state index contributed by atoms with van der Waals surface area (Å²) in [4.78, 5) is 58.5. The molecule has 5 aromatic rings. The number of halogens is 2. The van der Waals surface area contributed by atoms with Gasteiger partial charge in [0.15, 0.2) is 5.82 Å². The van der Waals surface area contributed by atoms with Crippen LogP contribution in [0.25, 0.3) is 32.8 Å². The summed E-state index contributed by atoms with van der Waals surface area (Å²) in [6, 6.07) is 16.0. The lowest BCUT2D eigenvalue weighted by molar-refractivity contribution is -0.136. The predicted molar refractivity (Wildman–Crippen MR) is 280 cm³/mol. The molecule has 6 fully saturated rings. The molecule has 3 atom stereocenters. The first-order valence-electron chi connectivity index (χ1n) is 27.1. The number of hydrogen-bond donors (Lipinski definition) is 3. The Morgan fingerprint density at radius 1 is 0.770 bits per heavy atom. The molecule has 7 aliphatic heterocycles. The molecular weight excluding hydrogens is 941 g/mol. The maximum atomic E-state index is 16.0. The second-order valence-electron chi connectivity index (χ2n) is 22.1. The number of aromatic hydroxyl groups is 1. The molecule has 16 heteroatoms. The summed E-state index contributed by atoms with van der Waals surface area (Å²) >= 11 is 0. The molecule has 4 aromatic carbocycles. The van der Waals surface area contributed by atoms with Crippen molar-refractivity contribution in [2.75, 3.05) is 81.9 Å². The van der Waals surface area contributed by atoms with Crippen LogP contribution in [0.2, 0.25) is 0 Å². The van der Waals surface area contributed by atoms with Gasteiger partial charge in [-0.15, -0.1) is 6.42 Å². The molecule has 386 valence electrons. The Balaban J connectivity index is 0.612. The summed E-state index contributed by atoms with van der Waals surface area (Å²) in [5, 5.41) is 18.9. The Morgan fingerprint density at radius 2 is 1.50 bits per heavy atom. The fourth-order valence-electron chi connectivity index (χ4n) is 13.5. The zero-order chi connectivity index (χ0) is 50.6. The van der Waals surface area contributed by atoms with Crippen LogP contribution in [-0.4, -0.2) is 138 Å². The maximum absolute atomic E-state index is 16.0. The topological polar surface area (TPSA) is 147 Å². The number of fused-ring (bicyclic) bond motifs is 5.